The smallest absolute Gasteiger partial charge is 0.338 e. The third-order valence-corrected chi connectivity index (χ3v) is 4.11. The highest BCUT2D eigenvalue weighted by Gasteiger charge is 2.24. The molecule has 1 aliphatic heterocycles. The summed E-state index contributed by atoms with van der Waals surface area (Å²) in [6.07, 6.45) is 0.759. The molecule has 1 saturated heterocycles. The zero-order valence-electron chi connectivity index (χ0n) is 14.9. The molecule has 0 aliphatic carbocycles. The SMILES string of the molecule is CCC(C)NC(=O)COC(=O)c1ccc(N2CCOCC2)c([N+](=O)[O-])c1. The van der Waals surface area contributed by atoms with E-state index in [1.807, 2.05) is 18.7 Å². The van der Waals surface area contributed by atoms with Crippen molar-refractivity contribution in [2.24, 2.45) is 0 Å². The number of amides is 1. The van der Waals surface area contributed by atoms with Gasteiger partial charge in [-0.05, 0) is 25.5 Å². The van der Waals surface area contributed by atoms with Gasteiger partial charge in [-0.2, -0.15) is 0 Å². The fourth-order valence-electron chi connectivity index (χ4n) is 2.50. The van der Waals surface area contributed by atoms with Gasteiger partial charge in [0.1, 0.15) is 5.69 Å². The van der Waals surface area contributed by atoms with Crippen LogP contribution in [-0.4, -0.2) is 55.8 Å². The molecule has 1 amide bonds. The number of carbonyl (C=O) groups excluding carboxylic acids is 2. The van der Waals surface area contributed by atoms with E-state index in [0.717, 1.165) is 6.42 Å². The Hall–Kier alpha value is -2.68. The molecule has 0 spiro atoms. The van der Waals surface area contributed by atoms with Crippen LogP contribution < -0.4 is 10.2 Å². The number of carbonyl (C=O) groups is 2. The largest absolute Gasteiger partial charge is 0.452 e. The van der Waals surface area contributed by atoms with Gasteiger partial charge < -0.3 is 19.7 Å². The van der Waals surface area contributed by atoms with Gasteiger partial charge in [0.25, 0.3) is 11.6 Å². The second-order valence-electron chi connectivity index (χ2n) is 6.01. The number of hydrogen-bond donors (Lipinski definition) is 1. The molecule has 142 valence electrons. The Bertz CT molecular complexity index is 672. The molecule has 0 bridgehead atoms. The van der Waals surface area contributed by atoms with Crippen LogP contribution in [0, 0.1) is 10.1 Å². The van der Waals surface area contributed by atoms with Crippen LogP contribution in [0.1, 0.15) is 30.6 Å². The van der Waals surface area contributed by atoms with Crippen LogP contribution in [0.2, 0.25) is 0 Å². The third-order valence-electron chi connectivity index (χ3n) is 4.11. The average Bonchev–Trinajstić information content (AvgIpc) is 2.66. The van der Waals surface area contributed by atoms with E-state index in [1.54, 1.807) is 0 Å². The summed E-state index contributed by atoms with van der Waals surface area (Å²) >= 11 is 0. The predicted molar refractivity (Wildman–Crippen MR) is 94.3 cm³/mol. The highest BCUT2D eigenvalue weighted by molar-refractivity contribution is 5.93. The van der Waals surface area contributed by atoms with Crippen molar-refractivity contribution in [3.63, 3.8) is 0 Å². The van der Waals surface area contributed by atoms with Crippen LogP contribution in [0.3, 0.4) is 0 Å². The first-order valence-corrected chi connectivity index (χ1v) is 8.50. The van der Waals surface area contributed by atoms with Gasteiger partial charge in [-0.25, -0.2) is 4.79 Å². The zero-order chi connectivity index (χ0) is 19.1. The van der Waals surface area contributed by atoms with Crippen molar-refractivity contribution in [1.29, 1.82) is 0 Å². The van der Waals surface area contributed by atoms with Crippen LogP contribution in [-0.2, 0) is 14.3 Å². The molecule has 1 fully saturated rings. The van der Waals surface area contributed by atoms with E-state index in [-0.39, 0.29) is 17.3 Å². The van der Waals surface area contributed by atoms with Gasteiger partial charge in [-0.3, -0.25) is 14.9 Å². The Morgan fingerprint density at radius 2 is 2.08 bits per heavy atom. The number of nitrogens with zero attached hydrogens (tertiary/aromatic N) is 2. The lowest BCUT2D eigenvalue weighted by Gasteiger charge is -2.28. The van der Waals surface area contributed by atoms with E-state index in [2.05, 4.69) is 5.32 Å². The van der Waals surface area contributed by atoms with Gasteiger partial charge in [0.2, 0.25) is 0 Å². The molecule has 1 aliphatic rings. The maximum atomic E-state index is 12.1. The van der Waals surface area contributed by atoms with Crippen LogP contribution >= 0.6 is 0 Å². The van der Waals surface area contributed by atoms with Crippen molar-refractivity contribution in [1.82, 2.24) is 5.32 Å². The molecule has 1 atom stereocenters. The normalized spacial score (nSPS) is 15.2. The molecular formula is C17H23N3O6. The molecule has 1 aromatic carbocycles. The Kier molecular flexibility index (Phi) is 6.90. The number of ether oxygens (including phenoxy) is 2. The van der Waals surface area contributed by atoms with Crippen molar-refractivity contribution in [3.05, 3.63) is 33.9 Å². The van der Waals surface area contributed by atoms with E-state index >= 15 is 0 Å². The summed E-state index contributed by atoms with van der Waals surface area (Å²) in [7, 11) is 0. The van der Waals surface area contributed by atoms with Gasteiger partial charge in [0.15, 0.2) is 6.61 Å². The standard InChI is InChI=1S/C17H23N3O6/c1-3-12(2)18-16(21)11-26-17(22)13-4-5-14(15(10-13)20(23)24)19-6-8-25-9-7-19/h4-5,10,12H,3,6-9,11H2,1-2H3,(H,18,21). The third kappa shape index (κ3) is 5.16. The molecule has 1 heterocycles. The average molecular weight is 365 g/mol. The number of nitro benzene ring substituents is 1. The highest BCUT2D eigenvalue weighted by Crippen LogP contribution is 2.30. The molecule has 9 nitrogen and oxygen atoms in total. The number of benzene rings is 1. The highest BCUT2D eigenvalue weighted by atomic mass is 16.6. The van der Waals surface area contributed by atoms with E-state index in [1.165, 1.54) is 18.2 Å². The predicted octanol–water partition coefficient (Wildman–Crippen LogP) is 1.50. The van der Waals surface area contributed by atoms with Gasteiger partial charge in [-0.1, -0.05) is 6.92 Å². The quantitative estimate of drug-likeness (QED) is 0.443. The van der Waals surface area contributed by atoms with Crippen LogP contribution in [0.5, 0.6) is 0 Å². The Labute approximate surface area is 151 Å². The second kappa shape index (κ2) is 9.14. The summed E-state index contributed by atoms with van der Waals surface area (Å²) in [5, 5.41) is 14.1. The van der Waals surface area contributed by atoms with E-state index in [0.29, 0.717) is 32.0 Å². The van der Waals surface area contributed by atoms with Crippen molar-refractivity contribution in [2.75, 3.05) is 37.8 Å². The number of hydrogen-bond acceptors (Lipinski definition) is 7. The van der Waals surface area contributed by atoms with Gasteiger partial charge in [0, 0.05) is 25.2 Å². The Morgan fingerprint density at radius 1 is 1.38 bits per heavy atom. The number of anilines is 1. The Morgan fingerprint density at radius 3 is 2.69 bits per heavy atom. The number of rotatable bonds is 7. The topological polar surface area (TPSA) is 111 Å². The van der Waals surface area contributed by atoms with Gasteiger partial charge in [0.05, 0.1) is 23.7 Å². The minimum absolute atomic E-state index is 0.0184. The maximum Gasteiger partial charge on any atom is 0.338 e. The minimum Gasteiger partial charge on any atom is -0.452 e. The number of nitro groups is 1. The lowest BCUT2D eigenvalue weighted by molar-refractivity contribution is -0.384. The molecule has 0 aromatic heterocycles. The molecule has 0 radical (unpaired) electrons. The monoisotopic (exact) mass is 365 g/mol. The molecule has 1 unspecified atom stereocenters. The summed E-state index contributed by atoms with van der Waals surface area (Å²) in [5.74, 6) is -1.19. The minimum atomic E-state index is -0.777. The fourth-order valence-corrected chi connectivity index (χ4v) is 2.50. The number of esters is 1. The molecule has 1 aromatic rings. The molecule has 26 heavy (non-hydrogen) atoms. The lowest BCUT2D eigenvalue weighted by atomic mass is 10.1. The molecule has 9 heteroatoms. The summed E-state index contributed by atoms with van der Waals surface area (Å²) in [6, 6.07) is 4.15. The first-order valence-electron chi connectivity index (χ1n) is 8.50. The fraction of sp³-hybridized carbons (Fsp3) is 0.529. The summed E-state index contributed by atoms with van der Waals surface area (Å²) in [5.41, 5.74) is 0.291. The maximum absolute atomic E-state index is 12.1. The van der Waals surface area contributed by atoms with Crippen molar-refractivity contribution >= 4 is 23.3 Å². The van der Waals surface area contributed by atoms with Crippen LogP contribution in [0.15, 0.2) is 18.2 Å². The van der Waals surface area contributed by atoms with Crippen molar-refractivity contribution in [2.45, 2.75) is 26.3 Å². The summed E-state index contributed by atoms with van der Waals surface area (Å²) < 4.78 is 10.2. The van der Waals surface area contributed by atoms with E-state index < -0.39 is 23.4 Å². The first-order chi connectivity index (χ1) is 12.4. The van der Waals surface area contributed by atoms with Gasteiger partial charge >= 0.3 is 5.97 Å². The molecule has 0 saturated carbocycles. The lowest BCUT2D eigenvalue weighted by Crippen LogP contribution is -2.36. The second-order valence-corrected chi connectivity index (χ2v) is 6.01. The number of morpholine rings is 1. The van der Waals surface area contributed by atoms with E-state index in [4.69, 9.17) is 9.47 Å². The summed E-state index contributed by atoms with van der Waals surface area (Å²) in [6.45, 7) is 5.40. The zero-order valence-corrected chi connectivity index (χ0v) is 14.9. The van der Waals surface area contributed by atoms with Crippen LogP contribution in [0.4, 0.5) is 11.4 Å². The van der Waals surface area contributed by atoms with Gasteiger partial charge in [-0.15, -0.1) is 0 Å². The molecular weight excluding hydrogens is 342 g/mol. The first kappa shape index (κ1) is 19.6. The Balaban J connectivity index is 2.07. The van der Waals surface area contributed by atoms with E-state index in [9.17, 15) is 19.7 Å². The number of nitrogens with one attached hydrogen (secondary N) is 1. The summed E-state index contributed by atoms with van der Waals surface area (Å²) in [4.78, 5) is 36.5. The van der Waals surface area contributed by atoms with Crippen molar-refractivity contribution in [3.8, 4) is 0 Å². The van der Waals surface area contributed by atoms with Crippen LogP contribution in [0.25, 0.3) is 0 Å². The van der Waals surface area contributed by atoms with Crippen molar-refractivity contribution < 1.29 is 24.0 Å². The molecule has 2 rings (SSSR count). The molecule has 1 N–H and O–H groups in total.